The highest BCUT2D eigenvalue weighted by atomic mass is 19.4. The molecule has 0 atom stereocenters. The fourth-order valence-electron chi connectivity index (χ4n) is 10.1. The van der Waals surface area contributed by atoms with Crippen LogP contribution in [-0.2, 0) is 6.18 Å². The molecule has 13 aromatic rings. The average Bonchev–Trinajstić information content (AvgIpc) is 3.70. The third-order valence-electron chi connectivity index (χ3n) is 13.3. The Morgan fingerprint density at radius 3 is 1.52 bits per heavy atom. The van der Waals surface area contributed by atoms with Gasteiger partial charge in [-0.3, -0.25) is 9.97 Å². The van der Waals surface area contributed by atoms with Crippen molar-refractivity contribution in [1.29, 1.82) is 0 Å². The Bertz CT molecular complexity index is 4030. The molecule has 0 saturated heterocycles. The van der Waals surface area contributed by atoms with Gasteiger partial charge < -0.3 is 4.57 Å². The second kappa shape index (κ2) is 14.9. The second-order valence-corrected chi connectivity index (χ2v) is 17.1. The van der Waals surface area contributed by atoms with Gasteiger partial charge in [0.1, 0.15) is 0 Å². The van der Waals surface area contributed by atoms with Crippen LogP contribution in [-0.4, -0.2) is 19.5 Å². The van der Waals surface area contributed by atoms with E-state index in [0.717, 1.165) is 133 Å². The van der Waals surface area contributed by atoms with Crippen molar-refractivity contribution in [3.63, 3.8) is 0 Å². The summed E-state index contributed by atoms with van der Waals surface area (Å²) in [6.45, 7) is 0. The summed E-state index contributed by atoms with van der Waals surface area (Å²) >= 11 is 0. The van der Waals surface area contributed by atoms with Crippen molar-refractivity contribution in [3.05, 3.63) is 218 Å². The van der Waals surface area contributed by atoms with E-state index in [0.29, 0.717) is 5.56 Å². The van der Waals surface area contributed by atoms with Gasteiger partial charge in [-0.1, -0.05) is 133 Å². The van der Waals surface area contributed by atoms with Crippen LogP contribution in [0.3, 0.4) is 0 Å². The molecule has 0 aliphatic heterocycles. The van der Waals surface area contributed by atoms with Gasteiger partial charge in [0.15, 0.2) is 0 Å². The van der Waals surface area contributed by atoms with Crippen LogP contribution in [0.1, 0.15) is 5.56 Å². The van der Waals surface area contributed by atoms with E-state index < -0.39 is 11.7 Å². The lowest BCUT2D eigenvalue weighted by Crippen LogP contribution is -2.03. The molecule has 0 spiro atoms. The molecule has 9 aromatic carbocycles. The van der Waals surface area contributed by atoms with Crippen LogP contribution in [0.25, 0.3) is 126 Å². The molecule has 0 fully saturated rings. The molecule has 0 aliphatic rings. The lowest BCUT2D eigenvalue weighted by atomic mass is 9.91. The van der Waals surface area contributed by atoms with Crippen LogP contribution in [0.5, 0.6) is 0 Å². The fraction of sp³-hybridized carbons (Fsp3) is 0.0167. The minimum Gasteiger partial charge on any atom is -0.309 e. The molecule has 13 rings (SSSR count). The van der Waals surface area contributed by atoms with Gasteiger partial charge in [-0.15, -0.1) is 0 Å². The van der Waals surface area contributed by atoms with Crippen molar-refractivity contribution in [3.8, 4) is 50.5 Å². The molecular weight excluding hydrogens is 834 g/mol. The third-order valence-corrected chi connectivity index (χ3v) is 13.3. The summed E-state index contributed by atoms with van der Waals surface area (Å²) in [4.78, 5) is 15.2. The molecule has 4 aromatic heterocycles. The van der Waals surface area contributed by atoms with Gasteiger partial charge in [0.2, 0.25) is 0 Å². The first-order chi connectivity index (χ1) is 32.8. The Morgan fingerprint density at radius 1 is 0.358 bits per heavy atom. The fourth-order valence-corrected chi connectivity index (χ4v) is 10.1. The molecule has 0 N–H and O–H groups in total. The first kappa shape index (κ1) is 38.8. The minimum atomic E-state index is -4.42. The number of aromatic nitrogens is 4. The summed E-state index contributed by atoms with van der Waals surface area (Å²) in [5.41, 5.74) is 11.2. The highest BCUT2D eigenvalue weighted by Gasteiger charge is 2.30. The molecule has 0 unspecified atom stereocenters. The normalized spacial score (nSPS) is 12.1. The van der Waals surface area contributed by atoms with Gasteiger partial charge in [0, 0.05) is 45.1 Å². The van der Waals surface area contributed by atoms with E-state index in [1.165, 1.54) is 0 Å². The molecule has 0 radical (unpaired) electrons. The number of rotatable bonds is 5. The monoisotopic (exact) mass is 868 g/mol. The molecule has 0 amide bonds. The number of hydrogen-bond acceptors (Lipinski definition) is 3. The minimum absolute atomic E-state index is 0.671. The van der Waals surface area contributed by atoms with E-state index >= 15 is 0 Å². The van der Waals surface area contributed by atoms with Crippen molar-refractivity contribution in [2.24, 2.45) is 0 Å². The van der Waals surface area contributed by atoms with E-state index in [1.54, 1.807) is 12.1 Å². The van der Waals surface area contributed by atoms with Crippen LogP contribution in [0.2, 0.25) is 0 Å². The summed E-state index contributed by atoms with van der Waals surface area (Å²) < 4.78 is 43.3. The highest BCUT2D eigenvalue weighted by molar-refractivity contribution is 6.29. The lowest BCUT2D eigenvalue weighted by Gasteiger charge is -2.16. The Balaban J connectivity index is 1.15. The van der Waals surface area contributed by atoms with Gasteiger partial charge in [0.05, 0.1) is 44.7 Å². The zero-order chi connectivity index (χ0) is 44.8. The van der Waals surface area contributed by atoms with Crippen LogP contribution in [0.4, 0.5) is 13.2 Å². The maximum atomic E-state index is 13.7. The van der Waals surface area contributed by atoms with E-state index in [4.69, 9.17) is 15.0 Å². The number of nitrogens with zero attached hydrogens (tertiary/aromatic N) is 4. The molecule has 4 heterocycles. The van der Waals surface area contributed by atoms with Gasteiger partial charge >= 0.3 is 6.18 Å². The number of benzene rings is 9. The number of halogens is 3. The highest BCUT2D eigenvalue weighted by Crippen LogP contribution is 2.44. The summed E-state index contributed by atoms with van der Waals surface area (Å²) in [6, 6.07) is 66.8. The summed E-state index contributed by atoms with van der Waals surface area (Å²) in [5, 5.41) is 10.6. The van der Waals surface area contributed by atoms with E-state index in [2.05, 4.69) is 156 Å². The quantitative estimate of drug-likeness (QED) is 0.162. The van der Waals surface area contributed by atoms with Crippen LogP contribution in [0, 0.1) is 0 Å². The summed E-state index contributed by atoms with van der Waals surface area (Å²) in [5.74, 6) is 0. The molecule has 4 nitrogen and oxygen atoms in total. The summed E-state index contributed by atoms with van der Waals surface area (Å²) in [6.07, 6.45) is -0.772. The van der Waals surface area contributed by atoms with E-state index in [-0.39, 0.29) is 0 Å². The van der Waals surface area contributed by atoms with Gasteiger partial charge in [-0.25, -0.2) is 4.98 Å². The van der Waals surface area contributed by atoms with Gasteiger partial charge in [-0.05, 0) is 121 Å². The molecular formula is C60H35F3N4. The molecule has 0 bridgehead atoms. The average molecular weight is 869 g/mol. The zero-order valence-corrected chi connectivity index (χ0v) is 35.6. The molecule has 67 heavy (non-hydrogen) atoms. The lowest BCUT2D eigenvalue weighted by molar-refractivity contribution is -0.137. The van der Waals surface area contributed by atoms with Crippen molar-refractivity contribution in [2.75, 3.05) is 0 Å². The van der Waals surface area contributed by atoms with Crippen LogP contribution >= 0.6 is 0 Å². The SMILES string of the molecule is FC(F)(F)c1ccc(-c2ccc3c4ccccc4c4cc5c6cc(-c7ccccc7)ccc6n(-c6cc(-c7cccc8cccnc78)nc(-c7cccc8cccnc78)c6)c5cc4c3c2)cc1. The molecule has 316 valence electrons. The molecule has 0 aliphatic carbocycles. The number of fused-ring (bicyclic) bond motifs is 11. The summed E-state index contributed by atoms with van der Waals surface area (Å²) in [7, 11) is 0. The number of pyridine rings is 3. The van der Waals surface area contributed by atoms with Gasteiger partial charge in [-0.2, -0.15) is 13.2 Å². The maximum absolute atomic E-state index is 13.7. The topological polar surface area (TPSA) is 43.6 Å². The van der Waals surface area contributed by atoms with Crippen LogP contribution < -0.4 is 0 Å². The van der Waals surface area contributed by atoms with Crippen molar-refractivity contribution >= 4 is 75.9 Å². The Labute approximate surface area is 381 Å². The number of para-hydroxylation sites is 2. The van der Waals surface area contributed by atoms with Crippen LogP contribution in [0.15, 0.2) is 213 Å². The number of alkyl halides is 3. The van der Waals surface area contributed by atoms with E-state index in [9.17, 15) is 13.2 Å². The first-order valence-electron chi connectivity index (χ1n) is 22.1. The maximum Gasteiger partial charge on any atom is 0.416 e. The van der Waals surface area contributed by atoms with Crippen molar-refractivity contribution in [2.45, 2.75) is 6.18 Å². The smallest absolute Gasteiger partial charge is 0.309 e. The second-order valence-electron chi connectivity index (χ2n) is 17.1. The standard InChI is InChI=1S/C60H35F3N4/c61-60(62,63)42-24-20-37(21-25-42)40-22-26-46-44-16-4-5-17-45(44)50-34-53-52-31-41(36-10-2-1-3-11-36)23-27-56(52)67(57(53)35-51(50)49(46)30-40)43-32-54(47-18-6-12-38-14-8-28-64-58(38)47)66-55(33-43)48-19-7-13-39-15-9-29-65-59(39)48/h1-35H. The zero-order valence-electron chi connectivity index (χ0n) is 35.6. The van der Waals surface area contributed by atoms with Crippen molar-refractivity contribution < 1.29 is 13.2 Å². The van der Waals surface area contributed by atoms with Crippen molar-refractivity contribution in [1.82, 2.24) is 19.5 Å². The third kappa shape index (κ3) is 6.34. The Morgan fingerprint density at radius 2 is 0.866 bits per heavy atom. The van der Waals surface area contributed by atoms with E-state index in [1.807, 2.05) is 36.7 Å². The largest absolute Gasteiger partial charge is 0.416 e. The molecule has 7 heteroatoms. The van der Waals surface area contributed by atoms with Gasteiger partial charge in [0.25, 0.3) is 0 Å². The Kier molecular flexibility index (Phi) is 8.64. The molecule has 0 saturated carbocycles. The first-order valence-corrected chi connectivity index (χ1v) is 22.1. The number of hydrogen-bond donors (Lipinski definition) is 0. The Hall–Kier alpha value is -8.68. The predicted octanol–water partition coefficient (Wildman–Crippen LogP) is 16.4. The predicted molar refractivity (Wildman–Crippen MR) is 268 cm³/mol.